The van der Waals surface area contributed by atoms with Crippen LogP contribution in [0.5, 0.6) is 11.5 Å². The van der Waals surface area contributed by atoms with Gasteiger partial charge >= 0.3 is 5.97 Å². The molecule has 0 atom stereocenters. The second-order valence-electron chi connectivity index (χ2n) is 8.12. The Labute approximate surface area is 206 Å². The van der Waals surface area contributed by atoms with Crippen molar-refractivity contribution in [1.29, 1.82) is 0 Å². The number of fused-ring (bicyclic) bond motifs is 1. The number of piperazine rings is 1. The Morgan fingerprint density at radius 1 is 1.06 bits per heavy atom. The van der Waals surface area contributed by atoms with E-state index in [0.29, 0.717) is 40.8 Å². The maximum Gasteiger partial charge on any atom is 0.308 e. The molecule has 2 heterocycles. The van der Waals surface area contributed by atoms with Crippen LogP contribution in [0.4, 0.5) is 5.13 Å². The molecule has 4 rings (SSSR count). The maximum absolute atomic E-state index is 12.9. The molecule has 3 aromatic rings. The van der Waals surface area contributed by atoms with E-state index >= 15 is 0 Å². The number of benzene rings is 2. The van der Waals surface area contributed by atoms with E-state index in [2.05, 4.69) is 22.2 Å². The fourth-order valence-electron chi connectivity index (χ4n) is 3.65. The number of amides is 2. The average molecular weight is 495 g/mol. The van der Waals surface area contributed by atoms with Gasteiger partial charge in [-0.05, 0) is 49.0 Å². The van der Waals surface area contributed by atoms with E-state index in [-0.39, 0.29) is 11.8 Å². The summed E-state index contributed by atoms with van der Waals surface area (Å²) < 4.78 is 11.2. The van der Waals surface area contributed by atoms with E-state index in [1.165, 1.54) is 31.4 Å². The third-order valence-corrected chi connectivity index (χ3v) is 6.46. The average Bonchev–Trinajstić information content (AvgIpc) is 3.24. The molecule has 1 fully saturated rings. The normalized spacial score (nSPS) is 14.3. The van der Waals surface area contributed by atoms with Gasteiger partial charge in [0.2, 0.25) is 5.91 Å². The van der Waals surface area contributed by atoms with Crippen molar-refractivity contribution in [3.63, 3.8) is 0 Å². The van der Waals surface area contributed by atoms with Gasteiger partial charge in [-0.2, -0.15) is 0 Å². The molecule has 2 amide bonds. The number of carbonyl (C=O) groups is 3. The summed E-state index contributed by atoms with van der Waals surface area (Å²) >= 11 is 1.32. The lowest BCUT2D eigenvalue weighted by Gasteiger charge is -2.32. The van der Waals surface area contributed by atoms with Crippen molar-refractivity contribution in [2.75, 3.05) is 45.7 Å². The molecule has 0 bridgehead atoms. The van der Waals surface area contributed by atoms with Crippen molar-refractivity contribution >= 4 is 50.5 Å². The van der Waals surface area contributed by atoms with E-state index in [1.807, 2.05) is 11.0 Å². The lowest BCUT2D eigenvalue weighted by Crippen LogP contribution is -2.47. The van der Waals surface area contributed by atoms with Crippen LogP contribution in [-0.4, -0.2) is 72.9 Å². The van der Waals surface area contributed by atoms with Crippen LogP contribution < -0.4 is 14.8 Å². The minimum absolute atomic E-state index is 0.0112. The van der Waals surface area contributed by atoms with Gasteiger partial charge in [0.15, 0.2) is 16.6 Å². The predicted octanol–water partition coefficient (Wildman–Crippen LogP) is 3.27. The smallest absolute Gasteiger partial charge is 0.308 e. The van der Waals surface area contributed by atoms with Crippen LogP contribution in [0.2, 0.25) is 0 Å². The number of ether oxygens (including phenoxy) is 2. The third kappa shape index (κ3) is 6.03. The summed E-state index contributed by atoms with van der Waals surface area (Å²) in [6.07, 6.45) is 3.00. The topological polar surface area (TPSA) is 101 Å². The van der Waals surface area contributed by atoms with Gasteiger partial charge in [0.1, 0.15) is 0 Å². The number of anilines is 1. The highest BCUT2D eigenvalue weighted by atomic mass is 32.1. The van der Waals surface area contributed by atoms with Gasteiger partial charge in [-0.15, -0.1) is 0 Å². The van der Waals surface area contributed by atoms with Crippen molar-refractivity contribution in [1.82, 2.24) is 14.8 Å². The van der Waals surface area contributed by atoms with Crippen LogP contribution in [0, 0.1) is 0 Å². The van der Waals surface area contributed by atoms with Crippen molar-refractivity contribution in [3.05, 3.63) is 53.6 Å². The molecule has 1 N–H and O–H groups in total. The molecular weight excluding hydrogens is 468 g/mol. The first-order valence-electron chi connectivity index (χ1n) is 11.1. The highest BCUT2D eigenvalue weighted by molar-refractivity contribution is 7.22. The molecule has 0 aliphatic carbocycles. The quantitative estimate of drug-likeness (QED) is 0.319. The van der Waals surface area contributed by atoms with Gasteiger partial charge in [-0.1, -0.05) is 17.4 Å². The molecule has 1 aliphatic heterocycles. The van der Waals surface area contributed by atoms with Gasteiger partial charge in [0.05, 0.1) is 17.3 Å². The molecular formula is C25H26N4O5S. The van der Waals surface area contributed by atoms with Gasteiger partial charge in [0.25, 0.3) is 5.91 Å². The highest BCUT2D eigenvalue weighted by Crippen LogP contribution is 2.29. The number of aromatic nitrogens is 1. The van der Waals surface area contributed by atoms with Gasteiger partial charge in [-0.25, -0.2) is 4.98 Å². The fraction of sp³-hybridized carbons (Fsp3) is 0.280. The van der Waals surface area contributed by atoms with Crippen LogP contribution in [0.1, 0.15) is 22.8 Å². The van der Waals surface area contributed by atoms with Crippen LogP contribution in [0.15, 0.2) is 42.5 Å². The summed E-state index contributed by atoms with van der Waals surface area (Å²) in [7, 11) is 3.52. The van der Waals surface area contributed by atoms with Gasteiger partial charge in [0, 0.05) is 44.7 Å². The Morgan fingerprint density at radius 3 is 2.54 bits per heavy atom. The first-order chi connectivity index (χ1) is 16.8. The number of esters is 1. The zero-order valence-corrected chi connectivity index (χ0v) is 20.6. The molecule has 10 heteroatoms. The highest BCUT2D eigenvalue weighted by Gasteiger charge is 2.21. The lowest BCUT2D eigenvalue weighted by atomic mass is 10.1. The van der Waals surface area contributed by atoms with Crippen molar-refractivity contribution in [2.45, 2.75) is 6.92 Å². The molecule has 0 saturated carbocycles. The number of nitrogens with one attached hydrogen (secondary N) is 1. The number of likely N-dealkylation sites (N-methyl/N-ethyl adjacent to an activating group) is 1. The van der Waals surface area contributed by atoms with Gasteiger partial charge in [-0.3, -0.25) is 19.7 Å². The summed E-state index contributed by atoms with van der Waals surface area (Å²) in [6, 6.07) is 10.4. The van der Waals surface area contributed by atoms with Gasteiger partial charge < -0.3 is 19.3 Å². The van der Waals surface area contributed by atoms with Crippen molar-refractivity contribution in [2.24, 2.45) is 0 Å². The molecule has 1 aliphatic rings. The number of rotatable bonds is 6. The van der Waals surface area contributed by atoms with Crippen molar-refractivity contribution < 1.29 is 23.9 Å². The summed E-state index contributed by atoms with van der Waals surface area (Å²) in [4.78, 5) is 45.0. The standard InChI is InChI=1S/C25H26N4O5S/c1-16(30)34-20-8-4-17(14-21(20)33-3)5-9-23(31)27-25-26-19-7-6-18(15-22(19)35-25)24(32)29-12-10-28(2)11-13-29/h4-9,14-15H,10-13H2,1-3H3,(H,26,27,31)/b9-5+. The van der Waals surface area contributed by atoms with E-state index in [0.717, 1.165) is 23.3 Å². The Kier molecular flexibility index (Phi) is 7.42. The van der Waals surface area contributed by atoms with Crippen LogP contribution in [-0.2, 0) is 9.59 Å². The molecule has 2 aromatic carbocycles. The maximum atomic E-state index is 12.9. The fourth-order valence-corrected chi connectivity index (χ4v) is 4.56. The molecule has 0 radical (unpaired) electrons. The summed E-state index contributed by atoms with van der Waals surface area (Å²) in [6.45, 7) is 4.46. The molecule has 1 saturated heterocycles. The Hall–Kier alpha value is -3.76. The number of hydrogen-bond donors (Lipinski definition) is 1. The van der Waals surface area contributed by atoms with E-state index < -0.39 is 5.97 Å². The molecule has 9 nitrogen and oxygen atoms in total. The largest absolute Gasteiger partial charge is 0.493 e. The summed E-state index contributed by atoms with van der Waals surface area (Å²) in [5, 5.41) is 3.21. The number of methoxy groups -OCH3 is 1. The zero-order chi connectivity index (χ0) is 24.9. The molecule has 0 unspecified atom stereocenters. The lowest BCUT2D eigenvalue weighted by molar-refractivity contribution is -0.132. The van der Waals surface area contributed by atoms with Crippen molar-refractivity contribution in [3.8, 4) is 11.5 Å². The van der Waals surface area contributed by atoms with E-state index in [1.54, 1.807) is 36.4 Å². The first-order valence-corrected chi connectivity index (χ1v) is 11.9. The number of nitrogens with zero attached hydrogens (tertiary/aromatic N) is 3. The molecule has 182 valence electrons. The second kappa shape index (κ2) is 10.7. The second-order valence-corrected chi connectivity index (χ2v) is 9.15. The minimum Gasteiger partial charge on any atom is -0.493 e. The van der Waals surface area contributed by atoms with Crippen LogP contribution >= 0.6 is 11.3 Å². The Morgan fingerprint density at radius 2 is 1.83 bits per heavy atom. The first kappa shape index (κ1) is 24.4. The Balaban J connectivity index is 1.42. The SMILES string of the molecule is COc1cc(/C=C/C(=O)Nc2nc3ccc(C(=O)N4CCN(C)CC4)cc3s2)ccc1OC(C)=O. The number of hydrogen-bond acceptors (Lipinski definition) is 8. The Bertz CT molecular complexity index is 1290. The molecule has 0 spiro atoms. The minimum atomic E-state index is -0.447. The van der Waals surface area contributed by atoms with Crippen LogP contribution in [0.25, 0.3) is 16.3 Å². The van der Waals surface area contributed by atoms with Crippen LogP contribution in [0.3, 0.4) is 0 Å². The monoisotopic (exact) mass is 494 g/mol. The summed E-state index contributed by atoms with van der Waals surface area (Å²) in [5.41, 5.74) is 2.04. The predicted molar refractivity (Wildman–Crippen MR) is 135 cm³/mol. The molecule has 35 heavy (non-hydrogen) atoms. The number of carbonyl (C=O) groups excluding carboxylic acids is 3. The molecule has 1 aromatic heterocycles. The van der Waals surface area contributed by atoms with E-state index in [4.69, 9.17) is 9.47 Å². The number of thiazole rings is 1. The zero-order valence-electron chi connectivity index (χ0n) is 19.7. The summed E-state index contributed by atoms with van der Waals surface area (Å²) in [5.74, 6) is -0.0899. The van der Waals surface area contributed by atoms with E-state index in [9.17, 15) is 14.4 Å². The third-order valence-electron chi connectivity index (χ3n) is 5.52.